The van der Waals surface area contributed by atoms with Gasteiger partial charge in [-0.1, -0.05) is 25.1 Å². The average Bonchev–Trinajstić information content (AvgIpc) is 2.79. The molecule has 0 saturated heterocycles. The van der Waals surface area contributed by atoms with Gasteiger partial charge in [-0.2, -0.15) is 13.2 Å². The molecular weight excluding hydrogens is 433 g/mol. The quantitative estimate of drug-likeness (QED) is 0.554. The fourth-order valence-corrected chi connectivity index (χ4v) is 4.07. The summed E-state index contributed by atoms with van der Waals surface area (Å²) in [5, 5.41) is 0. The van der Waals surface area contributed by atoms with E-state index in [1.54, 1.807) is 29.6 Å². The molecule has 2 aromatic carbocycles. The van der Waals surface area contributed by atoms with Crippen molar-refractivity contribution in [2.45, 2.75) is 39.7 Å². The summed E-state index contributed by atoms with van der Waals surface area (Å²) >= 11 is 0. The lowest BCUT2D eigenvalue weighted by Crippen LogP contribution is -2.47. The van der Waals surface area contributed by atoms with Crippen molar-refractivity contribution in [1.82, 2.24) is 14.5 Å². The molecule has 2 heterocycles. The summed E-state index contributed by atoms with van der Waals surface area (Å²) in [6.45, 7) is 4.72. The number of ether oxygens (including phenoxy) is 1. The molecule has 4 rings (SSSR count). The predicted molar refractivity (Wildman–Crippen MR) is 120 cm³/mol. The highest BCUT2D eigenvalue weighted by atomic mass is 19.4. The molecular formula is C24H25F3N4O2. The second-order valence-corrected chi connectivity index (χ2v) is 8.00. The normalized spacial score (nSPS) is 14.3. The molecule has 6 nitrogen and oxygen atoms in total. The molecule has 0 fully saturated rings. The lowest BCUT2D eigenvalue weighted by molar-refractivity contribution is -0.137. The van der Waals surface area contributed by atoms with E-state index < -0.39 is 11.7 Å². The van der Waals surface area contributed by atoms with Crippen molar-refractivity contribution in [2.24, 2.45) is 0 Å². The summed E-state index contributed by atoms with van der Waals surface area (Å²) in [5.74, 6) is 1.08. The fourth-order valence-electron chi connectivity index (χ4n) is 4.07. The van der Waals surface area contributed by atoms with Crippen LogP contribution in [0.1, 0.15) is 29.3 Å². The number of benzene rings is 2. The summed E-state index contributed by atoms with van der Waals surface area (Å²) in [5.41, 5.74) is 1.60. The maximum Gasteiger partial charge on any atom is 0.416 e. The van der Waals surface area contributed by atoms with Crippen molar-refractivity contribution >= 4 is 11.6 Å². The topological polar surface area (TPSA) is 50.6 Å². The molecule has 0 spiro atoms. The van der Waals surface area contributed by atoms with Gasteiger partial charge in [0, 0.05) is 23.5 Å². The van der Waals surface area contributed by atoms with E-state index in [0.29, 0.717) is 35.9 Å². The van der Waals surface area contributed by atoms with Gasteiger partial charge in [-0.25, -0.2) is 4.98 Å². The van der Waals surface area contributed by atoms with Crippen LogP contribution in [0.2, 0.25) is 0 Å². The molecule has 0 unspecified atom stereocenters. The maximum atomic E-state index is 13.4. The summed E-state index contributed by atoms with van der Waals surface area (Å²) < 4.78 is 46.9. The zero-order valence-corrected chi connectivity index (χ0v) is 18.7. The SMILES string of the molecule is CCc1c(C)nc2n(c1=O)CN(Cc1ccc(OC)cc1)CN2c1cccc(C(F)(F)F)c1. The third kappa shape index (κ3) is 4.59. The first-order chi connectivity index (χ1) is 15.7. The molecule has 33 heavy (non-hydrogen) atoms. The first-order valence-corrected chi connectivity index (χ1v) is 10.6. The Morgan fingerprint density at radius 2 is 1.82 bits per heavy atom. The lowest BCUT2D eigenvalue weighted by atomic mass is 10.1. The molecule has 174 valence electrons. The van der Waals surface area contributed by atoms with Gasteiger partial charge < -0.3 is 4.74 Å². The van der Waals surface area contributed by atoms with Crippen LogP contribution in [0.3, 0.4) is 0 Å². The Morgan fingerprint density at radius 3 is 2.45 bits per heavy atom. The number of fused-ring (bicyclic) bond motifs is 1. The minimum atomic E-state index is -4.47. The van der Waals surface area contributed by atoms with E-state index in [4.69, 9.17) is 4.74 Å². The number of alkyl halides is 3. The number of hydrogen-bond acceptors (Lipinski definition) is 5. The van der Waals surface area contributed by atoms with Crippen LogP contribution in [-0.4, -0.2) is 28.2 Å². The molecule has 0 saturated carbocycles. The van der Waals surface area contributed by atoms with Crippen molar-refractivity contribution in [3.8, 4) is 5.75 Å². The summed E-state index contributed by atoms with van der Waals surface area (Å²) in [6, 6.07) is 12.7. The van der Waals surface area contributed by atoms with E-state index in [1.807, 2.05) is 36.1 Å². The van der Waals surface area contributed by atoms with Gasteiger partial charge in [0.05, 0.1) is 26.0 Å². The average molecular weight is 458 g/mol. The van der Waals surface area contributed by atoms with Crippen molar-refractivity contribution < 1.29 is 17.9 Å². The smallest absolute Gasteiger partial charge is 0.416 e. The Labute approximate surface area is 189 Å². The molecule has 9 heteroatoms. The number of methoxy groups -OCH3 is 1. The first kappa shape index (κ1) is 22.8. The third-order valence-corrected chi connectivity index (χ3v) is 5.78. The summed E-state index contributed by atoms with van der Waals surface area (Å²) in [4.78, 5) is 21.5. The highest BCUT2D eigenvalue weighted by Crippen LogP contribution is 2.34. The van der Waals surface area contributed by atoms with Gasteiger partial charge in [0.2, 0.25) is 5.95 Å². The molecule has 0 atom stereocenters. The summed E-state index contributed by atoms with van der Waals surface area (Å²) in [7, 11) is 1.59. The van der Waals surface area contributed by atoms with Crippen LogP contribution in [0.5, 0.6) is 5.75 Å². The molecule has 0 N–H and O–H groups in total. The highest BCUT2D eigenvalue weighted by Gasteiger charge is 2.33. The van der Waals surface area contributed by atoms with Crippen LogP contribution in [-0.2, 0) is 25.8 Å². The minimum Gasteiger partial charge on any atom is -0.497 e. The standard InChI is InChI=1S/C24H25F3N4O2/c1-4-21-16(2)28-23-30(19-7-5-6-18(12-19)24(25,26)27)14-29(15-31(23)22(21)32)13-17-8-10-20(33-3)11-9-17/h5-12H,4,13-15H2,1-3H3. The minimum absolute atomic E-state index is 0.170. The lowest BCUT2D eigenvalue weighted by Gasteiger charge is -2.38. The van der Waals surface area contributed by atoms with E-state index in [2.05, 4.69) is 4.98 Å². The van der Waals surface area contributed by atoms with Gasteiger partial charge >= 0.3 is 6.18 Å². The van der Waals surface area contributed by atoms with E-state index >= 15 is 0 Å². The number of aromatic nitrogens is 2. The van der Waals surface area contributed by atoms with Gasteiger partial charge in [0.25, 0.3) is 5.56 Å². The second-order valence-electron chi connectivity index (χ2n) is 8.00. The zero-order valence-electron chi connectivity index (χ0n) is 18.7. The van der Waals surface area contributed by atoms with Gasteiger partial charge in [-0.05, 0) is 49.2 Å². The van der Waals surface area contributed by atoms with Crippen LogP contribution >= 0.6 is 0 Å². The maximum absolute atomic E-state index is 13.4. The van der Waals surface area contributed by atoms with E-state index in [1.165, 1.54) is 6.07 Å². The predicted octanol–water partition coefficient (Wildman–Crippen LogP) is 4.71. The summed E-state index contributed by atoms with van der Waals surface area (Å²) in [6.07, 6.45) is -3.94. The number of nitrogens with zero attached hydrogens (tertiary/aromatic N) is 4. The number of rotatable bonds is 5. The van der Waals surface area contributed by atoms with Crippen molar-refractivity contribution in [1.29, 1.82) is 0 Å². The number of halogens is 3. The van der Waals surface area contributed by atoms with Gasteiger partial charge in [0.15, 0.2) is 0 Å². The largest absolute Gasteiger partial charge is 0.497 e. The first-order valence-electron chi connectivity index (χ1n) is 10.6. The Bertz CT molecular complexity index is 1210. The van der Waals surface area contributed by atoms with Gasteiger partial charge in [-0.15, -0.1) is 0 Å². The molecule has 1 aliphatic heterocycles. The number of anilines is 2. The Hall–Kier alpha value is -3.33. The van der Waals surface area contributed by atoms with Gasteiger partial charge in [0.1, 0.15) is 5.75 Å². The van der Waals surface area contributed by atoms with Crippen molar-refractivity contribution in [3.63, 3.8) is 0 Å². The number of aryl methyl sites for hydroxylation is 1. The van der Waals surface area contributed by atoms with E-state index in [-0.39, 0.29) is 18.9 Å². The van der Waals surface area contributed by atoms with Crippen LogP contribution in [0.4, 0.5) is 24.8 Å². The molecule has 0 radical (unpaired) electrons. The van der Waals surface area contributed by atoms with Crippen LogP contribution in [0.15, 0.2) is 53.3 Å². The van der Waals surface area contributed by atoms with E-state index in [0.717, 1.165) is 23.4 Å². The monoisotopic (exact) mass is 458 g/mol. The Balaban J connectivity index is 1.77. The second kappa shape index (κ2) is 8.90. The van der Waals surface area contributed by atoms with Crippen LogP contribution < -0.4 is 15.2 Å². The molecule has 3 aromatic rings. The zero-order chi connectivity index (χ0) is 23.8. The third-order valence-electron chi connectivity index (χ3n) is 5.78. The molecule has 0 aliphatic carbocycles. The van der Waals surface area contributed by atoms with Crippen molar-refractivity contribution in [2.75, 3.05) is 18.7 Å². The van der Waals surface area contributed by atoms with Crippen molar-refractivity contribution in [3.05, 3.63) is 81.3 Å². The molecule has 1 aromatic heterocycles. The van der Waals surface area contributed by atoms with Crippen LogP contribution in [0.25, 0.3) is 0 Å². The van der Waals surface area contributed by atoms with E-state index in [9.17, 15) is 18.0 Å². The Morgan fingerprint density at radius 1 is 1.09 bits per heavy atom. The fraction of sp³-hybridized carbons (Fsp3) is 0.333. The Kier molecular flexibility index (Phi) is 6.16. The molecule has 0 bridgehead atoms. The van der Waals surface area contributed by atoms with Crippen LogP contribution in [0, 0.1) is 6.92 Å². The highest BCUT2D eigenvalue weighted by molar-refractivity contribution is 5.59. The number of hydrogen-bond donors (Lipinski definition) is 0. The van der Waals surface area contributed by atoms with Gasteiger partial charge in [-0.3, -0.25) is 19.2 Å². The molecule has 1 aliphatic rings. The molecule has 0 amide bonds.